The molecule has 0 radical (unpaired) electrons. The van der Waals surface area contributed by atoms with Gasteiger partial charge in [-0.3, -0.25) is 4.79 Å². The Kier molecular flexibility index (Phi) is 5.90. The highest BCUT2D eigenvalue weighted by atomic mass is 35.5. The lowest BCUT2D eigenvalue weighted by atomic mass is 10.2. The number of benzene rings is 2. The van der Waals surface area contributed by atoms with Gasteiger partial charge < -0.3 is 9.64 Å². The number of pyridine rings is 1. The van der Waals surface area contributed by atoms with Crippen molar-refractivity contribution in [3.05, 3.63) is 80.9 Å². The summed E-state index contributed by atoms with van der Waals surface area (Å²) in [5, 5.41) is 1.20. The van der Waals surface area contributed by atoms with Crippen LogP contribution in [0.1, 0.15) is 15.9 Å². The molecule has 0 aliphatic carbocycles. The number of rotatable bonds is 4. The van der Waals surface area contributed by atoms with Gasteiger partial charge in [0.2, 0.25) is 5.88 Å². The Balaban J connectivity index is 1.78. The molecule has 1 heterocycles. The summed E-state index contributed by atoms with van der Waals surface area (Å²) in [7, 11) is 1.64. The molecule has 0 aliphatic rings. The van der Waals surface area contributed by atoms with Crippen LogP contribution in [0.3, 0.4) is 0 Å². The summed E-state index contributed by atoms with van der Waals surface area (Å²) in [4.78, 5) is 18.4. The zero-order valence-electron chi connectivity index (χ0n) is 14.5. The van der Waals surface area contributed by atoms with Gasteiger partial charge in [-0.05, 0) is 48.9 Å². The molecule has 4 nitrogen and oxygen atoms in total. The first-order valence-corrected chi connectivity index (χ1v) is 9.12. The first-order valence-electron chi connectivity index (χ1n) is 7.99. The summed E-state index contributed by atoms with van der Waals surface area (Å²) in [5.74, 6) is 0.784. The van der Waals surface area contributed by atoms with E-state index in [2.05, 4.69) is 4.98 Å². The number of carbonyl (C=O) groups excluding carboxylic acids is 1. The maximum absolute atomic E-state index is 12.7. The van der Waals surface area contributed by atoms with Gasteiger partial charge in [0.05, 0.1) is 27.5 Å². The van der Waals surface area contributed by atoms with Crippen LogP contribution >= 0.6 is 34.8 Å². The van der Waals surface area contributed by atoms with Crippen LogP contribution in [0.2, 0.25) is 15.1 Å². The van der Waals surface area contributed by atoms with Crippen molar-refractivity contribution in [1.82, 2.24) is 4.98 Å². The average Bonchev–Trinajstić information content (AvgIpc) is 2.66. The molecular weight excluding hydrogens is 407 g/mol. The van der Waals surface area contributed by atoms with Crippen LogP contribution in [0.5, 0.6) is 11.6 Å². The Bertz CT molecular complexity index is 991. The van der Waals surface area contributed by atoms with E-state index in [9.17, 15) is 4.79 Å². The summed E-state index contributed by atoms with van der Waals surface area (Å²) in [6.07, 6.45) is 1.55. The predicted octanol–water partition coefficient (Wildman–Crippen LogP) is 6.42. The van der Waals surface area contributed by atoms with Crippen LogP contribution in [0.25, 0.3) is 0 Å². The second-order valence-corrected chi connectivity index (χ2v) is 7.05. The van der Waals surface area contributed by atoms with Gasteiger partial charge in [0, 0.05) is 18.1 Å². The van der Waals surface area contributed by atoms with Crippen LogP contribution in [-0.2, 0) is 0 Å². The van der Waals surface area contributed by atoms with Gasteiger partial charge in [0.1, 0.15) is 5.75 Å². The summed E-state index contributed by atoms with van der Waals surface area (Å²) >= 11 is 18.1. The van der Waals surface area contributed by atoms with Gasteiger partial charge in [-0.25, -0.2) is 4.98 Å². The largest absolute Gasteiger partial charge is 0.439 e. The van der Waals surface area contributed by atoms with E-state index in [0.29, 0.717) is 32.9 Å². The normalized spacial score (nSPS) is 10.6. The Morgan fingerprint density at radius 3 is 2.52 bits per heavy atom. The van der Waals surface area contributed by atoms with Crippen LogP contribution in [0.15, 0.2) is 54.7 Å². The highest BCUT2D eigenvalue weighted by Gasteiger charge is 2.18. The lowest BCUT2D eigenvalue weighted by Gasteiger charge is -2.18. The molecule has 7 heteroatoms. The third-order valence-electron chi connectivity index (χ3n) is 3.95. The molecular formula is C20H15Cl3N2O2. The third kappa shape index (κ3) is 4.35. The molecule has 0 bridgehead atoms. The molecule has 0 saturated carbocycles. The molecule has 27 heavy (non-hydrogen) atoms. The van der Waals surface area contributed by atoms with Gasteiger partial charge in [-0.15, -0.1) is 0 Å². The van der Waals surface area contributed by atoms with E-state index in [1.54, 1.807) is 55.7 Å². The Labute approximate surface area is 172 Å². The highest BCUT2D eigenvalue weighted by Crippen LogP contribution is 2.29. The molecule has 0 spiro atoms. The minimum absolute atomic E-state index is 0.224. The topological polar surface area (TPSA) is 42.4 Å². The van der Waals surface area contributed by atoms with Gasteiger partial charge in [-0.1, -0.05) is 40.9 Å². The van der Waals surface area contributed by atoms with Crippen molar-refractivity contribution >= 4 is 46.4 Å². The minimum atomic E-state index is -0.286. The molecule has 0 unspecified atom stereocenters. The van der Waals surface area contributed by atoms with Gasteiger partial charge in [0.15, 0.2) is 0 Å². The number of aromatic nitrogens is 1. The molecule has 0 saturated heterocycles. The van der Waals surface area contributed by atoms with Crippen molar-refractivity contribution in [2.24, 2.45) is 0 Å². The molecule has 3 rings (SSSR count). The number of amides is 1. The summed E-state index contributed by atoms with van der Waals surface area (Å²) in [6.45, 7) is 1.90. The second kappa shape index (κ2) is 8.17. The zero-order chi connectivity index (χ0) is 19.6. The van der Waals surface area contributed by atoms with Crippen molar-refractivity contribution in [2.75, 3.05) is 11.9 Å². The Hall–Kier alpha value is -2.27. The number of hydrogen-bond acceptors (Lipinski definition) is 3. The van der Waals surface area contributed by atoms with Crippen LogP contribution < -0.4 is 9.64 Å². The van der Waals surface area contributed by atoms with Crippen molar-refractivity contribution < 1.29 is 9.53 Å². The van der Waals surface area contributed by atoms with Crippen LogP contribution in [0.4, 0.5) is 5.69 Å². The molecule has 0 aliphatic heterocycles. The molecule has 1 aromatic heterocycles. The second-order valence-electron chi connectivity index (χ2n) is 5.83. The number of aryl methyl sites for hydroxylation is 1. The first kappa shape index (κ1) is 19.5. The van der Waals surface area contributed by atoms with Crippen molar-refractivity contribution in [2.45, 2.75) is 6.92 Å². The van der Waals surface area contributed by atoms with Gasteiger partial charge in [0.25, 0.3) is 5.91 Å². The third-order valence-corrected chi connectivity index (χ3v) is 5.00. The molecule has 3 aromatic rings. The van der Waals surface area contributed by atoms with E-state index in [1.807, 2.05) is 13.0 Å². The lowest BCUT2D eigenvalue weighted by Crippen LogP contribution is -2.26. The maximum atomic E-state index is 12.7. The van der Waals surface area contributed by atoms with Crippen LogP contribution in [-0.4, -0.2) is 17.9 Å². The van der Waals surface area contributed by atoms with Gasteiger partial charge >= 0.3 is 0 Å². The fraction of sp³-hybridized carbons (Fsp3) is 0.100. The smallest absolute Gasteiger partial charge is 0.259 e. The maximum Gasteiger partial charge on any atom is 0.259 e. The van der Waals surface area contributed by atoms with E-state index in [4.69, 9.17) is 39.5 Å². The molecule has 2 aromatic carbocycles. The summed E-state index contributed by atoms with van der Waals surface area (Å²) in [5.41, 5.74) is 1.82. The van der Waals surface area contributed by atoms with E-state index in [-0.39, 0.29) is 10.9 Å². The molecule has 138 valence electrons. The number of nitrogens with zero attached hydrogens (tertiary/aromatic N) is 2. The fourth-order valence-electron chi connectivity index (χ4n) is 2.44. The van der Waals surface area contributed by atoms with E-state index >= 15 is 0 Å². The first-order chi connectivity index (χ1) is 12.9. The fourth-order valence-corrected chi connectivity index (χ4v) is 3.05. The highest BCUT2D eigenvalue weighted by molar-refractivity contribution is 6.44. The number of ether oxygens (including phenoxy) is 1. The van der Waals surface area contributed by atoms with Crippen molar-refractivity contribution in [1.29, 1.82) is 0 Å². The van der Waals surface area contributed by atoms with Crippen molar-refractivity contribution in [3.63, 3.8) is 0 Å². The quantitative estimate of drug-likeness (QED) is 0.488. The SMILES string of the molecule is Cc1cc(Cl)ccc1Oc1ccc(N(C)C(=O)c2cccc(Cl)c2Cl)cn1. The number of anilines is 1. The lowest BCUT2D eigenvalue weighted by molar-refractivity contribution is 0.0993. The molecule has 0 atom stereocenters. The average molecular weight is 422 g/mol. The minimum Gasteiger partial charge on any atom is -0.439 e. The van der Waals surface area contributed by atoms with Crippen LogP contribution in [0, 0.1) is 6.92 Å². The summed E-state index contributed by atoms with van der Waals surface area (Å²) in [6, 6.07) is 13.7. The number of halogens is 3. The summed E-state index contributed by atoms with van der Waals surface area (Å²) < 4.78 is 5.77. The molecule has 0 N–H and O–H groups in total. The number of carbonyl (C=O) groups is 1. The zero-order valence-corrected chi connectivity index (χ0v) is 16.8. The predicted molar refractivity (Wildman–Crippen MR) is 110 cm³/mol. The monoisotopic (exact) mass is 420 g/mol. The Morgan fingerprint density at radius 1 is 1.07 bits per heavy atom. The van der Waals surface area contributed by atoms with E-state index in [0.717, 1.165) is 5.56 Å². The Morgan fingerprint density at radius 2 is 1.85 bits per heavy atom. The van der Waals surface area contributed by atoms with Gasteiger partial charge in [-0.2, -0.15) is 0 Å². The van der Waals surface area contributed by atoms with E-state index < -0.39 is 0 Å². The number of hydrogen-bond donors (Lipinski definition) is 0. The van der Waals surface area contributed by atoms with Crippen molar-refractivity contribution in [3.8, 4) is 11.6 Å². The molecule has 1 amide bonds. The molecule has 0 fully saturated rings. The van der Waals surface area contributed by atoms with E-state index in [1.165, 1.54) is 4.90 Å². The standard InChI is InChI=1S/C20H15Cl3N2O2/c1-12-10-13(21)6-8-17(12)27-18-9-7-14(11-24-18)25(2)20(26)15-4-3-5-16(22)19(15)23/h3-11H,1-2H3.